The molecule has 0 saturated heterocycles. The summed E-state index contributed by atoms with van der Waals surface area (Å²) < 4.78 is 42.6. The fraction of sp³-hybridized carbons (Fsp3) is 0.273. The van der Waals surface area contributed by atoms with Gasteiger partial charge in [0.2, 0.25) is 0 Å². The number of rotatable bonds is 3. The molecule has 1 aromatic carbocycles. The van der Waals surface area contributed by atoms with Crippen LogP contribution in [0.1, 0.15) is 5.56 Å². The monoisotopic (exact) mass is 290 g/mol. The lowest BCUT2D eigenvalue weighted by Gasteiger charge is -2.04. The van der Waals surface area contributed by atoms with Crippen molar-refractivity contribution >= 4 is 32.7 Å². The van der Waals surface area contributed by atoms with Crippen LogP contribution in [0.2, 0.25) is 0 Å². The lowest BCUT2D eigenvalue weighted by Crippen LogP contribution is -2.14. The van der Waals surface area contributed by atoms with Crippen molar-refractivity contribution in [3.63, 3.8) is 0 Å². The third kappa shape index (κ3) is 3.14. The SMILES string of the molecule is COC(=O)CNc1nc2cc(C(F)(F)F)ccc2s1. The lowest BCUT2D eigenvalue weighted by molar-refractivity contribution is -0.138. The summed E-state index contributed by atoms with van der Waals surface area (Å²) in [5.74, 6) is -0.477. The predicted octanol–water partition coefficient (Wildman–Crippen LogP) is 2.90. The van der Waals surface area contributed by atoms with Crippen LogP contribution in [0.5, 0.6) is 0 Å². The van der Waals surface area contributed by atoms with E-state index in [-0.39, 0.29) is 12.1 Å². The van der Waals surface area contributed by atoms with Gasteiger partial charge in [-0.05, 0) is 18.2 Å². The quantitative estimate of drug-likeness (QED) is 0.883. The third-order valence-electron chi connectivity index (χ3n) is 2.33. The number of alkyl halides is 3. The molecule has 8 heteroatoms. The lowest BCUT2D eigenvalue weighted by atomic mass is 10.2. The van der Waals surface area contributed by atoms with Gasteiger partial charge in [-0.3, -0.25) is 4.79 Å². The standard InChI is InChI=1S/C11H9F3N2O2S/c1-18-9(17)5-15-10-16-7-4-6(11(12,13)14)2-3-8(7)19-10/h2-4H,5H2,1H3,(H,15,16). The van der Waals surface area contributed by atoms with Gasteiger partial charge in [-0.15, -0.1) is 0 Å². The summed E-state index contributed by atoms with van der Waals surface area (Å²) in [6, 6.07) is 3.35. The zero-order valence-electron chi connectivity index (χ0n) is 9.75. The first kappa shape index (κ1) is 13.6. The van der Waals surface area contributed by atoms with Crippen LogP contribution in [-0.4, -0.2) is 24.6 Å². The van der Waals surface area contributed by atoms with E-state index in [2.05, 4.69) is 15.0 Å². The van der Waals surface area contributed by atoms with Gasteiger partial charge in [0.05, 0.1) is 22.9 Å². The Kier molecular flexibility index (Phi) is 3.61. The van der Waals surface area contributed by atoms with E-state index in [1.54, 1.807) is 0 Å². The maximum atomic E-state index is 12.5. The van der Waals surface area contributed by atoms with Crippen LogP contribution >= 0.6 is 11.3 Å². The van der Waals surface area contributed by atoms with E-state index in [1.165, 1.54) is 24.5 Å². The number of carbonyl (C=O) groups is 1. The van der Waals surface area contributed by atoms with Crippen molar-refractivity contribution in [1.29, 1.82) is 0 Å². The molecule has 0 bridgehead atoms. The van der Waals surface area contributed by atoms with E-state index < -0.39 is 17.7 Å². The summed E-state index contributed by atoms with van der Waals surface area (Å²) in [5, 5.41) is 3.07. The van der Waals surface area contributed by atoms with Crippen LogP contribution in [0.25, 0.3) is 10.2 Å². The van der Waals surface area contributed by atoms with Gasteiger partial charge in [-0.25, -0.2) is 4.98 Å². The number of carbonyl (C=O) groups excluding carboxylic acids is 1. The van der Waals surface area contributed by atoms with Crippen LogP contribution in [0.3, 0.4) is 0 Å². The molecular weight excluding hydrogens is 281 g/mol. The van der Waals surface area contributed by atoms with Gasteiger partial charge < -0.3 is 10.1 Å². The highest BCUT2D eigenvalue weighted by Crippen LogP contribution is 2.33. The summed E-state index contributed by atoms with van der Waals surface area (Å²) in [7, 11) is 1.25. The topological polar surface area (TPSA) is 51.2 Å². The number of benzene rings is 1. The van der Waals surface area contributed by atoms with Gasteiger partial charge in [-0.1, -0.05) is 11.3 Å². The normalized spacial score (nSPS) is 11.6. The number of thiazole rings is 1. The second-order valence-electron chi connectivity index (χ2n) is 3.63. The molecule has 102 valence electrons. The average molecular weight is 290 g/mol. The number of aromatic nitrogens is 1. The molecule has 19 heavy (non-hydrogen) atoms. The van der Waals surface area contributed by atoms with Crippen molar-refractivity contribution in [2.45, 2.75) is 6.18 Å². The largest absolute Gasteiger partial charge is 0.468 e. The molecular formula is C11H9F3N2O2S. The van der Waals surface area contributed by atoms with Crippen molar-refractivity contribution < 1.29 is 22.7 Å². The van der Waals surface area contributed by atoms with Crippen molar-refractivity contribution in [2.24, 2.45) is 0 Å². The molecule has 2 rings (SSSR count). The fourth-order valence-electron chi connectivity index (χ4n) is 1.40. The molecule has 0 spiro atoms. The van der Waals surface area contributed by atoms with Gasteiger partial charge >= 0.3 is 12.1 Å². The van der Waals surface area contributed by atoms with E-state index >= 15 is 0 Å². The van der Waals surface area contributed by atoms with E-state index in [4.69, 9.17) is 0 Å². The number of hydrogen-bond acceptors (Lipinski definition) is 5. The Morgan fingerprint density at radius 1 is 1.47 bits per heavy atom. The Hall–Kier alpha value is -1.83. The Labute approximate surface area is 110 Å². The fourth-order valence-corrected chi connectivity index (χ4v) is 2.24. The summed E-state index contributed by atoms with van der Waals surface area (Å²) in [6.07, 6.45) is -4.39. The van der Waals surface area contributed by atoms with E-state index in [1.807, 2.05) is 0 Å². The number of fused-ring (bicyclic) bond motifs is 1. The Bertz CT molecular complexity index is 609. The summed E-state index contributed by atoms with van der Waals surface area (Å²) >= 11 is 1.17. The van der Waals surface area contributed by atoms with Crippen LogP contribution in [0.4, 0.5) is 18.3 Å². The zero-order valence-corrected chi connectivity index (χ0v) is 10.6. The summed E-state index contributed by atoms with van der Waals surface area (Å²) in [6.45, 7) is -0.0809. The molecule has 0 atom stereocenters. The Morgan fingerprint density at radius 2 is 2.21 bits per heavy atom. The van der Waals surface area contributed by atoms with Gasteiger partial charge in [0.1, 0.15) is 6.54 Å². The number of esters is 1. The third-order valence-corrected chi connectivity index (χ3v) is 3.32. The number of ether oxygens (including phenoxy) is 1. The number of methoxy groups -OCH3 is 1. The zero-order chi connectivity index (χ0) is 14.0. The van der Waals surface area contributed by atoms with Gasteiger partial charge in [-0.2, -0.15) is 13.2 Å². The molecule has 0 aliphatic heterocycles. The van der Waals surface area contributed by atoms with Crippen LogP contribution < -0.4 is 5.32 Å². The predicted molar refractivity (Wildman–Crippen MR) is 65.1 cm³/mol. The second kappa shape index (κ2) is 5.04. The van der Waals surface area contributed by atoms with Crippen LogP contribution in [-0.2, 0) is 15.7 Å². The van der Waals surface area contributed by atoms with Gasteiger partial charge in [0.25, 0.3) is 0 Å². The number of nitrogens with one attached hydrogen (secondary N) is 1. The number of halogens is 3. The molecule has 2 aromatic rings. The smallest absolute Gasteiger partial charge is 0.416 e. The molecule has 1 aromatic heterocycles. The molecule has 0 fully saturated rings. The first-order valence-electron chi connectivity index (χ1n) is 5.18. The summed E-state index contributed by atoms with van der Waals surface area (Å²) in [4.78, 5) is 14.9. The van der Waals surface area contributed by atoms with Crippen molar-refractivity contribution in [3.8, 4) is 0 Å². The van der Waals surface area contributed by atoms with Gasteiger partial charge in [0, 0.05) is 0 Å². The number of nitrogens with zero attached hydrogens (tertiary/aromatic N) is 1. The van der Waals surface area contributed by atoms with Crippen LogP contribution in [0.15, 0.2) is 18.2 Å². The highest BCUT2D eigenvalue weighted by atomic mass is 32.1. The molecule has 0 saturated carbocycles. The van der Waals surface area contributed by atoms with Crippen LogP contribution in [0, 0.1) is 0 Å². The molecule has 0 aliphatic carbocycles. The highest BCUT2D eigenvalue weighted by molar-refractivity contribution is 7.22. The number of anilines is 1. The van der Waals surface area contributed by atoms with E-state index in [9.17, 15) is 18.0 Å². The molecule has 0 aliphatic rings. The van der Waals surface area contributed by atoms with Crippen molar-refractivity contribution in [2.75, 3.05) is 19.0 Å². The van der Waals surface area contributed by atoms with Gasteiger partial charge in [0.15, 0.2) is 5.13 Å². The minimum Gasteiger partial charge on any atom is -0.468 e. The molecule has 1 heterocycles. The van der Waals surface area contributed by atoms with Crippen molar-refractivity contribution in [3.05, 3.63) is 23.8 Å². The molecule has 0 unspecified atom stereocenters. The first-order chi connectivity index (χ1) is 8.90. The minimum atomic E-state index is -4.39. The molecule has 0 amide bonds. The Morgan fingerprint density at radius 3 is 2.84 bits per heavy atom. The van der Waals surface area contributed by atoms with E-state index in [0.29, 0.717) is 9.83 Å². The highest BCUT2D eigenvalue weighted by Gasteiger charge is 2.30. The molecule has 4 nitrogen and oxygen atoms in total. The maximum absolute atomic E-state index is 12.5. The minimum absolute atomic E-state index is 0.0809. The summed E-state index contributed by atoms with van der Waals surface area (Å²) in [5.41, 5.74) is -0.503. The van der Waals surface area contributed by atoms with Crippen molar-refractivity contribution in [1.82, 2.24) is 4.98 Å². The first-order valence-corrected chi connectivity index (χ1v) is 6.00. The second-order valence-corrected chi connectivity index (χ2v) is 4.66. The van der Waals surface area contributed by atoms with E-state index in [0.717, 1.165) is 12.1 Å². The molecule has 1 N–H and O–H groups in total. The maximum Gasteiger partial charge on any atom is 0.416 e. The Balaban J connectivity index is 2.23. The molecule has 0 radical (unpaired) electrons. The average Bonchev–Trinajstić information content (AvgIpc) is 2.76. The number of hydrogen-bond donors (Lipinski definition) is 1.